The van der Waals surface area contributed by atoms with Crippen molar-refractivity contribution in [3.05, 3.63) is 53.0 Å². The van der Waals surface area contributed by atoms with Crippen molar-refractivity contribution in [2.45, 2.75) is 32.4 Å². The van der Waals surface area contributed by atoms with Crippen LogP contribution in [-0.2, 0) is 0 Å². The Bertz CT molecular complexity index is 722. The molecule has 1 amide bonds. The van der Waals surface area contributed by atoms with Gasteiger partial charge in [-0.1, -0.05) is 12.1 Å². The van der Waals surface area contributed by atoms with Crippen molar-refractivity contribution >= 4 is 5.91 Å². The van der Waals surface area contributed by atoms with Gasteiger partial charge in [-0.05, 0) is 44.0 Å². The third kappa shape index (κ3) is 2.97. The van der Waals surface area contributed by atoms with Gasteiger partial charge >= 0.3 is 0 Å². The third-order valence-corrected chi connectivity index (χ3v) is 4.25. The molecular weight excluding hydrogens is 294 g/mol. The Morgan fingerprint density at radius 2 is 2.13 bits per heavy atom. The number of carbonyl (C=O) groups excluding carboxylic acids is 1. The lowest BCUT2D eigenvalue weighted by Crippen LogP contribution is -2.32. The molecule has 0 unspecified atom stereocenters. The van der Waals surface area contributed by atoms with E-state index >= 15 is 0 Å². The summed E-state index contributed by atoms with van der Waals surface area (Å²) in [6, 6.07) is 9.28. The average Bonchev–Trinajstić information content (AvgIpc) is 3.09. The SMILES string of the molecule is COc1cccc([C@H]2C[C@@H](O)CN2C(=O)c2oc(C)cc2C)c1. The van der Waals surface area contributed by atoms with Gasteiger partial charge in [0.15, 0.2) is 5.76 Å². The van der Waals surface area contributed by atoms with Crippen molar-refractivity contribution in [1.29, 1.82) is 0 Å². The van der Waals surface area contributed by atoms with Crippen LogP contribution in [0.4, 0.5) is 0 Å². The van der Waals surface area contributed by atoms with E-state index in [1.165, 1.54) is 0 Å². The average molecular weight is 315 g/mol. The van der Waals surface area contributed by atoms with Gasteiger partial charge in [0.1, 0.15) is 11.5 Å². The summed E-state index contributed by atoms with van der Waals surface area (Å²) >= 11 is 0. The Morgan fingerprint density at radius 3 is 2.78 bits per heavy atom. The van der Waals surface area contributed by atoms with Crippen molar-refractivity contribution < 1.29 is 19.1 Å². The standard InChI is InChI=1S/C18H21NO4/c1-11-7-12(2)23-17(11)18(21)19-10-14(20)9-16(19)13-5-4-6-15(8-13)22-3/h4-8,14,16,20H,9-10H2,1-3H3/t14-,16-/m1/s1. The maximum absolute atomic E-state index is 12.9. The van der Waals surface area contributed by atoms with Crippen LogP contribution in [0.3, 0.4) is 0 Å². The van der Waals surface area contributed by atoms with Crippen molar-refractivity contribution in [3.63, 3.8) is 0 Å². The minimum absolute atomic E-state index is 0.181. The summed E-state index contributed by atoms with van der Waals surface area (Å²) in [5.74, 6) is 1.62. The molecule has 1 saturated heterocycles. The predicted octanol–water partition coefficient (Wildman–Crippen LogP) is 2.85. The van der Waals surface area contributed by atoms with Crippen LogP contribution >= 0.6 is 0 Å². The Kier molecular flexibility index (Phi) is 4.13. The van der Waals surface area contributed by atoms with E-state index in [9.17, 15) is 9.90 Å². The van der Waals surface area contributed by atoms with Gasteiger partial charge in [0.2, 0.25) is 0 Å². The van der Waals surface area contributed by atoms with Gasteiger partial charge in [-0.2, -0.15) is 0 Å². The highest BCUT2D eigenvalue weighted by Gasteiger charge is 2.37. The minimum atomic E-state index is -0.536. The molecule has 1 aliphatic heterocycles. The Balaban J connectivity index is 1.93. The molecule has 2 atom stereocenters. The number of aliphatic hydroxyl groups excluding tert-OH is 1. The molecule has 5 heteroatoms. The quantitative estimate of drug-likeness (QED) is 0.946. The van der Waals surface area contributed by atoms with Crippen LogP contribution in [0, 0.1) is 13.8 Å². The summed E-state index contributed by atoms with van der Waals surface area (Å²) in [5.41, 5.74) is 1.77. The zero-order valence-electron chi connectivity index (χ0n) is 13.6. The van der Waals surface area contributed by atoms with Gasteiger partial charge in [0.25, 0.3) is 5.91 Å². The van der Waals surface area contributed by atoms with E-state index in [4.69, 9.17) is 9.15 Å². The van der Waals surface area contributed by atoms with Crippen LogP contribution in [0.15, 0.2) is 34.7 Å². The van der Waals surface area contributed by atoms with E-state index in [1.54, 1.807) is 12.0 Å². The van der Waals surface area contributed by atoms with E-state index < -0.39 is 6.10 Å². The number of carbonyl (C=O) groups is 1. The highest BCUT2D eigenvalue weighted by Crippen LogP contribution is 2.35. The monoisotopic (exact) mass is 315 g/mol. The molecule has 2 heterocycles. The van der Waals surface area contributed by atoms with Gasteiger partial charge in [0.05, 0.1) is 19.3 Å². The Labute approximate surface area is 135 Å². The van der Waals surface area contributed by atoms with E-state index in [1.807, 2.05) is 44.2 Å². The molecule has 0 radical (unpaired) electrons. The van der Waals surface area contributed by atoms with Crippen molar-refractivity contribution in [2.24, 2.45) is 0 Å². The second kappa shape index (κ2) is 6.08. The normalized spacial score (nSPS) is 20.8. The number of methoxy groups -OCH3 is 1. The number of ether oxygens (including phenoxy) is 1. The molecule has 1 aromatic heterocycles. The molecule has 1 aromatic carbocycles. The van der Waals surface area contributed by atoms with Crippen molar-refractivity contribution in [1.82, 2.24) is 4.90 Å². The fraction of sp³-hybridized carbons (Fsp3) is 0.389. The molecule has 1 N–H and O–H groups in total. The molecular formula is C18H21NO4. The lowest BCUT2D eigenvalue weighted by Gasteiger charge is -2.24. The van der Waals surface area contributed by atoms with Crippen LogP contribution in [0.2, 0.25) is 0 Å². The predicted molar refractivity (Wildman–Crippen MR) is 85.6 cm³/mol. The van der Waals surface area contributed by atoms with E-state index in [2.05, 4.69) is 0 Å². The molecule has 0 spiro atoms. The van der Waals surface area contributed by atoms with E-state index in [0.717, 1.165) is 16.9 Å². The number of rotatable bonds is 3. The molecule has 5 nitrogen and oxygen atoms in total. The summed E-state index contributed by atoms with van der Waals surface area (Å²) in [4.78, 5) is 14.5. The van der Waals surface area contributed by atoms with E-state index in [-0.39, 0.29) is 11.9 Å². The first-order chi connectivity index (χ1) is 11.0. The third-order valence-electron chi connectivity index (χ3n) is 4.25. The number of hydrogen-bond acceptors (Lipinski definition) is 4. The molecule has 3 rings (SSSR count). The van der Waals surface area contributed by atoms with Crippen LogP contribution in [0.5, 0.6) is 5.75 Å². The maximum atomic E-state index is 12.9. The van der Waals surface area contributed by atoms with Gasteiger partial charge in [-0.15, -0.1) is 0 Å². The highest BCUT2D eigenvalue weighted by molar-refractivity contribution is 5.93. The fourth-order valence-corrected chi connectivity index (χ4v) is 3.19. The first kappa shape index (κ1) is 15.6. The molecule has 1 fully saturated rings. The van der Waals surface area contributed by atoms with Gasteiger partial charge in [-0.3, -0.25) is 4.79 Å². The van der Waals surface area contributed by atoms with Crippen molar-refractivity contribution in [2.75, 3.05) is 13.7 Å². The number of furan rings is 1. The van der Waals surface area contributed by atoms with Gasteiger partial charge < -0.3 is 19.2 Å². The largest absolute Gasteiger partial charge is 0.497 e. The summed E-state index contributed by atoms with van der Waals surface area (Å²) in [5, 5.41) is 10.1. The lowest BCUT2D eigenvalue weighted by atomic mass is 10.0. The molecule has 0 saturated carbocycles. The second-order valence-corrected chi connectivity index (χ2v) is 6.01. The number of amides is 1. The van der Waals surface area contributed by atoms with Crippen LogP contribution < -0.4 is 4.74 Å². The minimum Gasteiger partial charge on any atom is -0.497 e. The number of aryl methyl sites for hydroxylation is 2. The number of β-amino-alcohol motifs (C(OH)–C–C–N with tert-alkyl or cyclic N) is 1. The zero-order chi connectivity index (χ0) is 16.6. The first-order valence-corrected chi connectivity index (χ1v) is 7.69. The summed E-state index contributed by atoms with van der Waals surface area (Å²) in [7, 11) is 1.61. The van der Waals surface area contributed by atoms with Gasteiger partial charge in [-0.25, -0.2) is 0 Å². The summed E-state index contributed by atoms with van der Waals surface area (Å²) < 4.78 is 10.8. The number of likely N-dealkylation sites (tertiary alicyclic amines) is 1. The highest BCUT2D eigenvalue weighted by atomic mass is 16.5. The first-order valence-electron chi connectivity index (χ1n) is 7.69. The van der Waals surface area contributed by atoms with Gasteiger partial charge in [0, 0.05) is 12.1 Å². The van der Waals surface area contributed by atoms with Crippen LogP contribution in [0.1, 0.15) is 39.9 Å². The fourth-order valence-electron chi connectivity index (χ4n) is 3.19. The number of hydrogen-bond donors (Lipinski definition) is 1. The van der Waals surface area contributed by atoms with Crippen LogP contribution in [0.25, 0.3) is 0 Å². The smallest absolute Gasteiger partial charge is 0.290 e. The summed E-state index contributed by atoms with van der Waals surface area (Å²) in [6.07, 6.45) is -0.0241. The Hall–Kier alpha value is -2.27. The Morgan fingerprint density at radius 1 is 1.35 bits per heavy atom. The molecule has 1 aliphatic rings. The molecule has 122 valence electrons. The molecule has 0 aliphatic carbocycles. The topological polar surface area (TPSA) is 62.9 Å². The number of aliphatic hydroxyl groups is 1. The number of nitrogens with zero attached hydrogens (tertiary/aromatic N) is 1. The zero-order valence-corrected chi connectivity index (χ0v) is 13.6. The van der Waals surface area contributed by atoms with Crippen LogP contribution in [-0.4, -0.2) is 35.7 Å². The maximum Gasteiger partial charge on any atom is 0.290 e. The number of benzene rings is 1. The lowest BCUT2D eigenvalue weighted by molar-refractivity contribution is 0.0681. The van der Waals surface area contributed by atoms with E-state index in [0.29, 0.717) is 24.5 Å². The molecule has 2 aromatic rings. The van der Waals surface area contributed by atoms with Crippen molar-refractivity contribution in [3.8, 4) is 5.75 Å². The molecule has 23 heavy (non-hydrogen) atoms. The second-order valence-electron chi connectivity index (χ2n) is 6.01. The summed E-state index contributed by atoms with van der Waals surface area (Å²) in [6.45, 7) is 3.98. The molecule has 0 bridgehead atoms.